The van der Waals surface area contributed by atoms with Crippen LogP contribution < -0.4 is 14.8 Å². The van der Waals surface area contributed by atoms with E-state index in [1.54, 1.807) is 19.9 Å². The minimum absolute atomic E-state index is 0.0281. The number of hydrogen-bond acceptors (Lipinski definition) is 6. The van der Waals surface area contributed by atoms with Gasteiger partial charge in [0.15, 0.2) is 11.9 Å². The fraction of sp³-hybridized carbons (Fsp3) is 0.200. The third-order valence-electron chi connectivity index (χ3n) is 4.07. The van der Waals surface area contributed by atoms with Gasteiger partial charge >= 0.3 is 0 Å². The highest BCUT2D eigenvalue weighted by atomic mass is 32.2. The van der Waals surface area contributed by atoms with Crippen molar-refractivity contribution in [1.29, 1.82) is 0 Å². The summed E-state index contributed by atoms with van der Waals surface area (Å²) in [6, 6.07) is 14.7. The summed E-state index contributed by atoms with van der Waals surface area (Å²) < 4.78 is 37.6. The minimum Gasteiger partial charge on any atom is -0.481 e. The fourth-order valence-electron chi connectivity index (χ4n) is 2.51. The van der Waals surface area contributed by atoms with E-state index in [0.717, 1.165) is 5.56 Å². The maximum atomic E-state index is 12.4. The molecule has 1 heterocycles. The molecule has 1 aromatic heterocycles. The highest BCUT2D eigenvalue weighted by molar-refractivity contribution is 7.92. The van der Waals surface area contributed by atoms with Gasteiger partial charge in [-0.25, -0.2) is 8.42 Å². The molecule has 0 aliphatic rings. The zero-order valence-corrected chi connectivity index (χ0v) is 17.0. The quantitative estimate of drug-likeness (QED) is 0.611. The van der Waals surface area contributed by atoms with Gasteiger partial charge in [0, 0.05) is 11.8 Å². The zero-order chi connectivity index (χ0) is 21.0. The molecule has 0 saturated carbocycles. The Balaban J connectivity index is 1.63. The van der Waals surface area contributed by atoms with Crippen LogP contribution in [0.1, 0.15) is 18.2 Å². The lowest BCUT2D eigenvalue weighted by molar-refractivity contribution is -0.122. The van der Waals surface area contributed by atoms with E-state index in [1.807, 2.05) is 25.1 Å². The lowest BCUT2D eigenvalue weighted by Crippen LogP contribution is -2.30. The van der Waals surface area contributed by atoms with E-state index in [1.165, 1.54) is 30.3 Å². The molecule has 152 valence electrons. The van der Waals surface area contributed by atoms with Gasteiger partial charge in [0.1, 0.15) is 11.5 Å². The van der Waals surface area contributed by atoms with E-state index in [4.69, 9.17) is 9.26 Å². The Hall–Kier alpha value is -3.33. The predicted molar refractivity (Wildman–Crippen MR) is 108 cm³/mol. The molecule has 1 atom stereocenters. The molecule has 0 saturated heterocycles. The SMILES string of the molecule is Cc1cc(NS(=O)(=O)c2ccc(NC(=O)[C@H](C)Oc3ccccc3C)cc2)no1. The Morgan fingerprint density at radius 2 is 1.79 bits per heavy atom. The molecule has 0 radical (unpaired) electrons. The van der Waals surface area contributed by atoms with Crippen molar-refractivity contribution in [3.63, 3.8) is 0 Å². The number of hydrogen-bond donors (Lipinski definition) is 2. The number of benzene rings is 2. The maximum Gasteiger partial charge on any atom is 0.265 e. The van der Waals surface area contributed by atoms with Crippen LogP contribution in [0.3, 0.4) is 0 Å². The van der Waals surface area contributed by atoms with Gasteiger partial charge in [-0.3, -0.25) is 9.52 Å². The number of nitrogens with one attached hydrogen (secondary N) is 2. The first-order valence-electron chi connectivity index (χ1n) is 8.84. The summed E-state index contributed by atoms with van der Waals surface area (Å²) in [7, 11) is -3.82. The number of aryl methyl sites for hydroxylation is 2. The Bertz CT molecular complexity index is 1110. The van der Waals surface area contributed by atoms with Crippen molar-refractivity contribution in [2.45, 2.75) is 31.8 Å². The molecule has 29 heavy (non-hydrogen) atoms. The van der Waals surface area contributed by atoms with E-state index < -0.39 is 16.1 Å². The molecule has 3 rings (SSSR count). The lowest BCUT2D eigenvalue weighted by atomic mass is 10.2. The first-order valence-corrected chi connectivity index (χ1v) is 10.3. The average Bonchev–Trinajstić information content (AvgIpc) is 3.08. The summed E-state index contributed by atoms with van der Waals surface area (Å²) in [4.78, 5) is 12.4. The molecule has 2 N–H and O–H groups in total. The summed E-state index contributed by atoms with van der Waals surface area (Å²) in [6.07, 6.45) is -0.725. The smallest absolute Gasteiger partial charge is 0.265 e. The number of rotatable bonds is 7. The molecule has 0 fully saturated rings. The molecule has 0 bridgehead atoms. The highest BCUT2D eigenvalue weighted by Crippen LogP contribution is 2.20. The molecule has 0 aliphatic carbocycles. The zero-order valence-electron chi connectivity index (χ0n) is 16.2. The predicted octanol–water partition coefficient (Wildman–Crippen LogP) is 3.50. The monoisotopic (exact) mass is 415 g/mol. The lowest BCUT2D eigenvalue weighted by Gasteiger charge is -2.16. The van der Waals surface area contributed by atoms with E-state index in [9.17, 15) is 13.2 Å². The van der Waals surface area contributed by atoms with Crippen LogP contribution in [0.15, 0.2) is 64.0 Å². The molecule has 0 unspecified atom stereocenters. The van der Waals surface area contributed by atoms with Crippen LogP contribution in [0.4, 0.5) is 11.5 Å². The summed E-state index contributed by atoms with van der Waals surface area (Å²) >= 11 is 0. The Morgan fingerprint density at radius 1 is 1.10 bits per heavy atom. The normalized spacial score (nSPS) is 12.2. The minimum atomic E-state index is -3.82. The van der Waals surface area contributed by atoms with E-state index >= 15 is 0 Å². The maximum absolute atomic E-state index is 12.4. The summed E-state index contributed by atoms with van der Waals surface area (Å²) in [5.74, 6) is 0.871. The van der Waals surface area contributed by atoms with Crippen molar-refractivity contribution < 1.29 is 22.5 Å². The van der Waals surface area contributed by atoms with Crippen molar-refractivity contribution in [1.82, 2.24) is 5.16 Å². The van der Waals surface area contributed by atoms with Gasteiger partial charge in [-0.05, 0) is 56.7 Å². The number of aromatic nitrogens is 1. The number of ether oxygens (including phenoxy) is 1. The molecule has 8 nitrogen and oxygen atoms in total. The van der Waals surface area contributed by atoms with Crippen molar-refractivity contribution in [2.75, 3.05) is 10.0 Å². The second-order valence-electron chi connectivity index (χ2n) is 6.47. The number of sulfonamides is 1. The number of nitrogens with zero attached hydrogens (tertiary/aromatic N) is 1. The summed E-state index contributed by atoms with van der Waals surface area (Å²) in [6.45, 7) is 5.20. The van der Waals surface area contributed by atoms with Gasteiger partial charge < -0.3 is 14.6 Å². The molecular formula is C20H21N3O5S. The molecular weight excluding hydrogens is 394 g/mol. The molecule has 0 spiro atoms. The van der Waals surface area contributed by atoms with E-state index in [-0.39, 0.29) is 16.6 Å². The number of amides is 1. The van der Waals surface area contributed by atoms with Crippen LogP contribution in [0.25, 0.3) is 0 Å². The van der Waals surface area contributed by atoms with Gasteiger partial charge in [-0.15, -0.1) is 0 Å². The fourth-order valence-corrected chi connectivity index (χ4v) is 3.49. The Kier molecular flexibility index (Phi) is 5.88. The third-order valence-corrected chi connectivity index (χ3v) is 5.44. The van der Waals surface area contributed by atoms with Crippen molar-refractivity contribution in [3.05, 3.63) is 65.9 Å². The number of carbonyl (C=O) groups is 1. The first kappa shape index (κ1) is 20.4. The van der Waals surface area contributed by atoms with Crippen molar-refractivity contribution >= 4 is 27.4 Å². The van der Waals surface area contributed by atoms with E-state index in [2.05, 4.69) is 15.2 Å². The van der Waals surface area contributed by atoms with Gasteiger partial charge in [-0.2, -0.15) is 0 Å². The first-order chi connectivity index (χ1) is 13.7. The molecule has 9 heteroatoms. The highest BCUT2D eigenvalue weighted by Gasteiger charge is 2.18. The van der Waals surface area contributed by atoms with Crippen LogP contribution in [0.5, 0.6) is 5.75 Å². The van der Waals surface area contributed by atoms with Crippen LogP contribution in [-0.2, 0) is 14.8 Å². The molecule has 2 aromatic carbocycles. The van der Waals surface area contributed by atoms with E-state index in [0.29, 0.717) is 17.2 Å². The number of anilines is 2. The number of para-hydroxylation sites is 1. The molecule has 0 aliphatic heterocycles. The largest absolute Gasteiger partial charge is 0.481 e. The van der Waals surface area contributed by atoms with Crippen molar-refractivity contribution in [2.24, 2.45) is 0 Å². The Labute approximate surface area is 168 Å². The Morgan fingerprint density at radius 3 is 2.41 bits per heavy atom. The average molecular weight is 415 g/mol. The summed E-state index contributed by atoms with van der Waals surface area (Å²) in [5.41, 5.74) is 1.38. The molecule has 3 aromatic rings. The topological polar surface area (TPSA) is 111 Å². The second-order valence-corrected chi connectivity index (χ2v) is 8.15. The standard InChI is InChI=1S/C20H21N3O5S/c1-13-6-4-5-7-18(13)27-15(3)20(24)21-16-8-10-17(11-9-16)29(25,26)23-19-12-14(2)28-22-19/h4-12,15H,1-3H3,(H,21,24)(H,22,23)/t15-/m0/s1. The van der Waals surface area contributed by atoms with Gasteiger partial charge in [0.05, 0.1) is 4.90 Å². The van der Waals surface area contributed by atoms with Crippen LogP contribution in [0.2, 0.25) is 0 Å². The van der Waals surface area contributed by atoms with Gasteiger partial charge in [0.2, 0.25) is 0 Å². The van der Waals surface area contributed by atoms with Crippen LogP contribution >= 0.6 is 0 Å². The van der Waals surface area contributed by atoms with Gasteiger partial charge in [-0.1, -0.05) is 23.4 Å². The third kappa shape index (κ3) is 5.14. The van der Waals surface area contributed by atoms with Crippen LogP contribution in [0, 0.1) is 13.8 Å². The summed E-state index contributed by atoms with van der Waals surface area (Å²) in [5, 5.41) is 6.31. The molecule has 1 amide bonds. The van der Waals surface area contributed by atoms with Crippen LogP contribution in [-0.4, -0.2) is 25.6 Å². The van der Waals surface area contributed by atoms with Crippen molar-refractivity contribution in [3.8, 4) is 5.75 Å². The van der Waals surface area contributed by atoms with Gasteiger partial charge in [0.25, 0.3) is 15.9 Å². The second kappa shape index (κ2) is 8.36. The number of carbonyl (C=O) groups excluding carboxylic acids is 1.